The Morgan fingerprint density at radius 3 is 2.55 bits per heavy atom. The molecule has 1 heterocycles. The van der Waals surface area contributed by atoms with E-state index in [1.54, 1.807) is 13.0 Å². The first-order valence-corrected chi connectivity index (χ1v) is 8.28. The van der Waals surface area contributed by atoms with Gasteiger partial charge in [-0.25, -0.2) is 0 Å². The number of benzene rings is 1. The van der Waals surface area contributed by atoms with E-state index in [4.69, 9.17) is 39.5 Å². The van der Waals surface area contributed by atoms with E-state index < -0.39 is 9.75 Å². The van der Waals surface area contributed by atoms with Crippen LogP contribution in [0.5, 0.6) is 0 Å². The summed E-state index contributed by atoms with van der Waals surface area (Å²) in [5, 5.41) is 3.50. The standard InChI is InChI=1S/C15H17Cl3N2O2/c1-14(9-15(14,17)18)13(21)19-11-8-10(16)2-3-12(11)20-4-6-22-7-5-20/h2-3,8H,4-7,9H2,1H3,(H,19,21)/t14-/m0/s1. The topological polar surface area (TPSA) is 41.6 Å². The number of halogens is 3. The number of carbonyl (C=O) groups excluding carboxylic acids is 1. The Hall–Kier alpha value is -0.680. The summed E-state index contributed by atoms with van der Waals surface area (Å²) in [5.74, 6) is -0.186. The lowest BCUT2D eigenvalue weighted by Crippen LogP contribution is -2.37. The van der Waals surface area contributed by atoms with E-state index in [-0.39, 0.29) is 5.91 Å². The van der Waals surface area contributed by atoms with Crippen LogP contribution >= 0.6 is 34.8 Å². The highest BCUT2D eigenvalue weighted by molar-refractivity contribution is 6.53. The van der Waals surface area contributed by atoms with E-state index in [0.717, 1.165) is 18.8 Å². The highest BCUT2D eigenvalue weighted by atomic mass is 35.5. The molecule has 2 aliphatic rings. The van der Waals surface area contributed by atoms with Gasteiger partial charge < -0.3 is 15.0 Å². The van der Waals surface area contributed by atoms with Crippen molar-refractivity contribution in [3.63, 3.8) is 0 Å². The first-order valence-electron chi connectivity index (χ1n) is 7.15. The average molecular weight is 364 g/mol. The number of alkyl halides is 2. The van der Waals surface area contributed by atoms with Gasteiger partial charge >= 0.3 is 0 Å². The lowest BCUT2D eigenvalue weighted by atomic mass is 10.1. The predicted octanol–water partition coefficient (Wildman–Crippen LogP) is 3.70. The monoisotopic (exact) mass is 362 g/mol. The zero-order valence-electron chi connectivity index (χ0n) is 12.2. The van der Waals surface area contributed by atoms with Crippen LogP contribution in [0.2, 0.25) is 5.02 Å². The van der Waals surface area contributed by atoms with Crippen molar-refractivity contribution in [3.05, 3.63) is 23.2 Å². The molecule has 0 radical (unpaired) electrons. The molecule has 1 aromatic rings. The maximum Gasteiger partial charge on any atom is 0.233 e. The Morgan fingerprint density at radius 2 is 1.95 bits per heavy atom. The number of hydrogen-bond donors (Lipinski definition) is 1. The number of nitrogens with zero attached hydrogens (tertiary/aromatic N) is 1. The number of rotatable bonds is 3. The van der Waals surface area contributed by atoms with Crippen LogP contribution in [0.15, 0.2) is 18.2 Å². The molecule has 1 aliphatic carbocycles. The van der Waals surface area contributed by atoms with Crippen molar-refractivity contribution in [1.82, 2.24) is 0 Å². The Kier molecular flexibility index (Phi) is 4.23. The maximum atomic E-state index is 12.5. The van der Waals surface area contributed by atoms with Crippen LogP contribution in [0.4, 0.5) is 11.4 Å². The Bertz CT molecular complexity index is 602. The largest absolute Gasteiger partial charge is 0.378 e. The minimum Gasteiger partial charge on any atom is -0.378 e. The zero-order valence-corrected chi connectivity index (χ0v) is 14.4. The van der Waals surface area contributed by atoms with E-state index in [9.17, 15) is 4.79 Å². The molecule has 0 spiro atoms. The van der Waals surface area contributed by atoms with E-state index in [1.165, 1.54) is 0 Å². The van der Waals surface area contributed by atoms with Crippen LogP contribution in [0, 0.1) is 5.41 Å². The van der Waals surface area contributed by atoms with Gasteiger partial charge in [0.05, 0.1) is 30.0 Å². The summed E-state index contributed by atoms with van der Waals surface area (Å²) in [7, 11) is 0. The van der Waals surface area contributed by atoms with Gasteiger partial charge in [-0.15, -0.1) is 23.2 Å². The van der Waals surface area contributed by atoms with Gasteiger partial charge in [-0.2, -0.15) is 0 Å². The van der Waals surface area contributed by atoms with Crippen LogP contribution < -0.4 is 10.2 Å². The van der Waals surface area contributed by atoms with Gasteiger partial charge in [0.25, 0.3) is 0 Å². The lowest BCUT2D eigenvalue weighted by molar-refractivity contribution is -0.120. The van der Waals surface area contributed by atoms with Crippen molar-refractivity contribution in [2.24, 2.45) is 5.41 Å². The van der Waals surface area contributed by atoms with Gasteiger partial charge in [-0.3, -0.25) is 4.79 Å². The Balaban J connectivity index is 1.83. The minimum atomic E-state index is -0.991. The quantitative estimate of drug-likeness (QED) is 0.833. The highest BCUT2D eigenvalue weighted by Crippen LogP contribution is 2.64. The van der Waals surface area contributed by atoms with Crippen LogP contribution in [-0.4, -0.2) is 36.5 Å². The maximum absolute atomic E-state index is 12.5. The van der Waals surface area contributed by atoms with Crippen molar-refractivity contribution >= 4 is 52.1 Å². The molecule has 120 valence electrons. The second-order valence-corrected chi connectivity index (χ2v) is 7.85. The number of carbonyl (C=O) groups is 1. The van der Waals surface area contributed by atoms with Gasteiger partial charge in [0.1, 0.15) is 4.33 Å². The van der Waals surface area contributed by atoms with Crippen molar-refractivity contribution in [3.8, 4) is 0 Å². The molecular formula is C15H17Cl3N2O2. The highest BCUT2D eigenvalue weighted by Gasteiger charge is 2.67. The number of amides is 1. The number of anilines is 2. The number of nitrogens with one attached hydrogen (secondary N) is 1. The Labute approximate surface area is 144 Å². The number of hydrogen-bond acceptors (Lipinski definition) is 3. The summed E-state index contributed by atoms with van der Waals surface area (Å²) >= 11 is 18.2. The Morgan fingerprint density at radius 1 is 1.32 bits per heavy atom. The fourth-order valence-electron chi connectivity index (χ4n) is 2.59. The lowest BCUT2D eigenvalue weighted by Gasteiger charge is -2.31. The molecule has 0 unspecified atom stereocenters. The van der Waals surface area contributed by atoms with Crippen LogP contribution in [0.3, 0.4) is 0 Å². The summed E-state index contributed by atoms with van der Waals surface area (Å²) in [6, 6.07) is 5.47. The van der Waals surface area contributed by atoms with Crippen LogP contribution in [0.25, 0.3) is 0 Å². The third kappa shape index (κ3) is 2.90. The molecular weight excluding hydrogens is 347 g/mol. The summed E-state index contributed by atoms with van der Waals surface area (Å²) in [5.41, 5.74) is 0.845. The molecule has 22 heavy (non-hydrogen) atoms. The zero-order chi connectivity index (χ0) is 16.0. The number of ether oxygens (including phenoxy) is 1. The molecule has 0 aromatic heterocycles. The van der Waals surface area contributed by atoms with Gasteiger partial charge in [0.15, 0.2) is 0 Å². The van der Waals surface area contributed by atoms with Gasteiger partial charge in [0, 0.05) is 18.1 Å². The van der Waals surface area contributed by atoms with E-state index in [2.05, 4.69) is 10.2 Å². The number of morpholine rings is 1. The molecule has 3 rings (SSSR count). The molecule has 1 atom stereocenters. The van der Waals surface area contributed by atoms with Gasteiger partial charge in [-0.1, -0.05) is 11.6 Å². The minimum absolute atomic E-state index is 0.186. The van der Waals surface area contributed by atoms with Crippen LogP contribution in [-0.2, 0) is 9.53 Å². The van der Waals surface area contributed by atoms with Gasteiger partial charge in [-0.05, 0) is 31.5 Å². The second kappa shape index (κ2) is 5.75. The third-order valence-corrected chi connectivity index (χ3v) is 5.65. The van der Waals surface area contributed by atoms with Crippen molar-refractivity contribution < 1.29 is 9.53 Å². The molecule has 1 amide bonds. The molecule has 1 N–H and O–H groups in total. The van der Waals surface area contributed by atoms with Crippen LogP contribution in [0.1, 0.15) is 13.3 Å². The first kappa shape index (κ1) is 16.2. The predicted molar refractivity (Wildman–Crippen MR) is 90.3 cm³/mol. The van der Waals surface area contributed by atoms with Crippen molar-refractivity contribution in [1.29, 1.82) is 0 Å². The summed E-state index contributed by atoms with van der Waals surface area (Å²) < 4.78 is 4.38. The second-order valence-electron chi connectivity index (χ2n) is 5.93. The molecule has 1 saturated carbocycles. The molecule has 1 saturated heterocycles. The van der Waals surface area contributed by atoms with E-state index >= 15 is 0 Å². The van der Waals surface area contributed by atoms with E-state index in [0.29, 0.717) is 30.3 Å². The molecule has 2 fully saturated rings. The van der Waals surface area contributed by atoms with Crippen molar-refractivity contribution in [2.45, 2.75) is 17.7 Å². The van der Waals surface area contributed by atoms with E-state index in [1.807, 2.05) is 12.1 Å². The molecule has 7 heteroatoms. The summed E-state index contributed by atoms with van der Waals surface area (Å²) in [4.78, 5) is 14.7. The smallest absolute Gasteiger partial charge is 0.233 e. The average Bonchev–Trinajstić information content (AvgIpc) is 3.00. The fraction of sp³-hybridized carbons (Fsp3) is 0.533. The molecule has 1 aliphatic heterocycles. The fourth-order valence-corrected chi connectivity index (χ4v) is 3.47. The SMILES string of the molecule is C[C@@]1(C(=O)Nc2cc(Cl)ccc2N2CCOCC2)CC1(Cl)Cl. The summed E-state index contributed by atoms with van der Waals surface area (Å²) in [6.07, 6.45) is 0.447. The summed E-state index contributed by atoms with van der Waals surface area (Å²) in [6.45, 7) is 4.65. The first-order chi connectivity index (χ1) is 10.3. The molecule has 1 aromatic carbocycles. The van der Waals surface area contributed by atoms with Crippen molar-refractivity contribution in [2.75, 3.05) is 36.5 Å². The normalized spacial score (nSPS) is 26.6. The molecule has 4 nitrogen and oxygen atoms in total. The molecule has 0 bridgehead atoms. The van der Waals surface area contributed by atoms with Gasteiger partial charge in [0.2, 0.25) is 5.91 Å². The third-order valence-electron chi connectivity index (χ3n) is 4.32.